The largest absolute Gasteiger partial charge is 0.472 e. The van der Waals surface area contributed by atoms with Crippen molar-refractivity contribution in [3.8, 4) is 0 Å². The molecule has 0 saturated carbocycles. The fraction of sp³-hybridized carbons (Fsp3) is 0.951. The number of rotatable bonds is 79. The minimum atomic E-state index is -4.96. The van der Waals surface area contributed by atoms with E-state index in [1.807, 2.05) is 0 Å². The van der Waals surface area contributed by atoms with Gasteiger partial charge in [0, 0.05) is 25.7 Å². The Hall–Kier alpha value is -1.94. The molecule has 0 bridgehead atoms. The summed E-state index contributed by atoms with van der Waals surface area (Å²) in [6.07, 6.45) is 59.6. The van der Waals surface area contributed by atoms with E-state index in [4.69, 9.17) is 37.0 Å². The van der Waals surface area contributed by atoms with E-state index in [1.165, 1.54) is 231 Å². The number of aliphatic hydroxyl groups is 1. The van der Waals surface area contributed by atoms with E-state index in [0.717, 1.165) is 108 Å². The highest BCUT2D eigenvalue weighted by molar-refractivity contribution is 7.47. The van der Waals surface area contributed by atoms with Gasteiger partial charge in [0.1, 0.15) is 19.3 Å². The summed E-state index contributed by atoms with van der Waals surface area (Å²) in [5.74, 6) is 0.190. The minimum Gasteiger partial charge on any atom is -0.462 e. The molecule has 0 aromatic carbocycles. The van der Waals surface area contributed by atoms with Crippen LogP contribution in [0.15, 0.2) is 0 Å². The quantitative estimate of drug-likeness (QED) is 0.0222. The predicted octanol–water partition coefficient (Wildman–Crippen LogP) is 24.1. The molecule has 0 aromatic heterocycles. The number of phosphoric acid groups is 2. The minimum absolute atomic E-state index is 0.106. The zero-order valence-corrected chi connectivity index (χ0v) is 67.5. The molecular formula is C81H158O17P2. The SMILES string of the molecule is CCCCCCCCCCCCCCCCCCCCC(=O)O[C@H](COC(=O)CCCCCCCCCCCCCCCC(C)C)COP(=O)(O)OC[C@@H](O)COP(=O)(O)OC[C@@H](COC(=O)CCCCCCCCCCCC(C)C)OC(=O)CCCCCCCCCCCCCC(C)C. The molecule has 0 spiro atoms. The van der Waals surface area contributed by atoms with Crippen LogP contribution in [0.3, 0.4) is 0 Å². The molecule has 100 heavy (non-hydrogen) atoms. The molecule has 5 atom stereocenters. The Balaban J connectivity index is 5.26. The first-order valence-electron chi connectivity index (χ1n) is 41.8. The van der Waals surface area contributed by atoms with Crippen LogP contribution in [0, 0.1) is 17.8 Å². The van der Waals surface area contributed by atoms with Crippen LogP contribution in [0.4, 0.5) is 0 Å². The van der Waals surface area contributed by atoms with Gasteiger partial charge in [0.2, 0.25) is 0 Å². The fourth-order valence-electron chi connectivity index (χ4n) is 12.5. The molecule has 0 heterocycles. The van der Waals surface area contributed by atoms with Crippen LogP contribution in [-0.4, -0.2) is 96.7 Å². The van der Waals surface area contributed by atoms with Crippen LogP contribution in [0.2, 0.25) is 0 Å². The summed E-state index contributed by atoms with van der Waals surface area (Å²) in [4.78, 5) is 73.1. The molecule has 594 valence electrons. The maximum atomic E-state index is 13.1. The molecule has 0 fully saturated rings. The third-order valence-electron chi connectivity index (χ3n) is 18.9. The lowest BCUT2D eigenvalue weighted by Gasteiger charge is -2.21. The molecule has 0 aromatic rings. The Kier molecular flexibility index (Phi) is 69.9. The molecule has 0 aliphatic carbocycles. The average molecular weight is 1470 g/mol. The summed E-state index contributed by atoms with van der Waals surface area (Å²) in [5, 5.41) is 10.6. The van der Waals surface area contributed by atoms with Crippen LogP contribution in [-0.2, 0) is 65.4 Å². The van der Waals surface area contributed by atoms with Crippen LogP contribution in [0.25, 0.3) is 0 Å². The zero-order valence-electron chi connectivity index (χ0n) is 65.7. The van der Waals surface area contributed by atoms with Crippen LogP contribution in [0.5, 0.6) is 0 Å². The molecule has 0 saturated heterocycles. The van der Waals surface area contributed by atoms with Crippen LogP contribution >= 0.6 is 15.6 Å². The standard InChI is InChI=1S/C81H158O17P2/c1-8-9-10-11-12-13-14-15-16-17-18-19-22-28-35-43-50-57-64-80(85)97-76(68-91-78(83)62-55-48-41-34-27-23-20-21-25-31-38-45-52-59-72(2)3)70-95-99(87,88)93-66-75(82)67-94-100(89,90)96-71-77(69-92-79(84)63-56-49-42-37-30-33-40-47-54-61-74(6)7)98-81(86)65-58-51-44-36-29-24-26-32-39-46-53-60-73(4)5/h72-77,82H,8-71H2,1-7H3,(H,87,88)(H,89,90)/t75-,76-,77-/m1/s1. The van der Waals surface area contributed by atoms with Gasteiger partial charge in [-0.05, 0) is 43.4 Å². The van der Waals surface area contributed by atoms with Gasteiger partial charge in [0.05, 0.1) is 26.4 Å². The molecule has 0 aliphatic heterocycles. The maximum absolute atomic E-state index is 13.1. The highest BCUT2D eigenvalue weighted by atomic mass is 31.2. The molecule has 17 nitrogen and oxygen atoms in total. The molecular weight excluding hydrogens is 1310 g/mol. The third kappa shape index (κ3) is 74.3. The van der Waals surface area contributed by atoms with E-state index in [0.29, 0.717) is 25.7 Å². The molecule has 0 amide bonds. The number of carbonyl (C=O) groups is 4. The first-order valence-corrected chi connectivity index (χ1v) is 44.8. The number of hydrogen-bond acceptors (Lipinski definition) is 15. The fourth-order valence-corrected chi connectivity index (χ4v) is 14.1. The van der Waals surface area contributed by atoms with Gasteiger partial charge in [-0.25, -0.2) is 9.13 Å². The van der Waals surface area contributed by atoms with Crippen molar-refractivity contribution < 1.29 is 80.2 Å². The van der Waals surface area contributed by atoms with Crippen molar-refractivity contribution >= 4 is 39.5 Å². The number of unbranched alkanes of at least 4 members (excludes halogenated alkanes) is 47. The zero-order chi connectivity index (χ0) is 73.7. The van der Waals surface area contributed by atoms with Crippen molar-refractivity contribution in [1.82, 2.24) is 0 Å². The summed E-state index contributed by atoms with van der Waals surface area (Å²) in [7, 11) is -9.92. The van der Waals surface area contributed by atoms with E-state index in [2.05, 4.69) is 48.5 Å². The van der Waals surface area contributed by atoms with Crippen molar-refractivity contribution in [3.63, 3.8) is 0 Å². The van der Waals surface area contributed by atoms with Gasteiger partial charge < -0.3 is 33.8 Å². The first kappa shape index (κ1) is 98.1. The molecule has 19 heteroatoms. The van der Waals surface area contributed by atoms with E-state index in [1.54, 1.807) is 0 Å². The smallest absolute Gasteiger partial charge is 0.462 e. The number of ether oxygens (including phenoxy) is 4. The van der Waals surface area contributed by atoms with Gasteiger partial charge in [-0.2, -0.15) is 0 Å². The second kappa shape index (κ2) is 71.3. The van der Waals surface area contributed by atoms with E-state index >= 15 is 0 Å². The Morgan fingerprint density at radius 3 is 0.680 bits per heavy atom. The highest BCUT2D eigenvalue weighted by Crippen LogP contribution is 2.45. The molecule has 2 unspecified atom stereocenters. The van der Waals surface area contributed by atoms with Gasteiger partial charge in [0.15, 0.2) is 12.2 Å². The number of phosphoric ester groups is 2. The average Bonchev–Trinajstić information content (AvgIpc) is 1.24. The topological polar surface area (TPSA) is 237 Å². The van der Waals surface area contributed by atoms with Gasteiger partial charge in [-0.3, -0.25) is 37.3 Å². The third-order valence-corrected chi connectivity index (χ3v) is 20.8. The van der Waals surface area contributed by atoms with Crippen LogP contribution < -0.4 is 0 Å². The van der Waals surface area contributed by atoms with Crippen molar-refractivity contribution in [2.45, 2.75) is 439 Å². The lowest BCUT2D eigenvalue weighted by Crippen LogP contribution is -2.30. The summed E-state index contributed by atoms with van der Waals surface area (Å²) in [6.45, 7) is 11.9. The number of carbonyl (C=O) groups excluding carboxylic acids is 4. The summed E-state index contributed by atoms with van der Waals surface area (Å²) >= 11 is 0. The Bertz CT molecular complexity index is 1940. The van der Waals surface area contributed by atoms with Gasteiger partial charge in [-0.15, -0.1) is 0 Å². The van der Waals surface area contributed by atoms with E-state index < -0.39 is 97.5 Å². The summed E-state index contributed by atoms with van der Waals surface area (Å²) < 4.78 is 68.8. The van der Waals surface area contributed by atoms with Crippen LogP contribution in [0.1, 0.15) is 421 Å². The van der Waals surface area contributed by atoms with Crippen molar-refractivity contribution in [1.29, 1.82) is 0 Å². The second-order valence-electron chi connectivity index (χ2n) is 30.6. The van der Waals surface area contributed by atoms with Gasteiger partial charge in [-0.1, -0.05) is 370 Å². The maximum Gasteiger partial charge on any atom is 0.472 e. The number of esters is 4. The van der Waals surface area contributed by atoms with Crippen molar-refractivity contribution in [2.75, 3.05) is 39.6 Å². The molecule has 3 N–H and O–H groups in total. The van der Waals surface area contributed by atoms with Gasteiger partial charge >= 0.3 is 39.5 Å². The number of aliphatic hydroxyl groups excluding tert-OH is 1. The molecule has 0 aliphatic rings. The Morgan fingerprint density at radius 1 is 0.270 bits per heavy atom. The second-order valence-corrected chi connectivity index (χ2v) is 33.5. The number of hydrogen-bond donors (Lipinski definition) is 3. The molecule has 0 radical (unpaired) electrons. The molecule has 0 rings (SSSR count). The highest BCUT2D eigenvalue weighted by Gasteiger charge is 2.30. The van der Waals surface area contributed by atoms with E-state index in [-0.39, 0.29) is 25.7 Å². The normalized spacial score (nSPS) is 14.0. The van der Waals surface area contributed by atoms with Crippen molar-refractivity contribution in [3.05, 3.63) is 0 Å². The first-order chi connectivity index (χ1) is 48.2. The van der Waals surface area contributed by atoms with Gasteiger partial charge in [0.25, 0.3) is 0 Å². The summed E-state index contributed by atoms with van der Waals surface area (Å²) in [6, 6.07) is 0. The lowest BCUT2D eigenvalue weighted by molar-refractivity contribution is -0.161. The predicted molar refractivity (Wildman–Crippen MR) is 409 cm³/mol. The Morgan fingerprint density at radius 2 is 0.460 bits per heavy atom. The van der Waals surface area contributed by atoms with E-state index in [9.17, 15) is 43.2 Å². The van der Waals surface area contributed by atoms with Crippen molar-refractivity contribution in [2.24, 2.45) is 17.8 Å². The monoisotopic (exact) mass is 1470 g/mol. The Labute approximate surface area is 613 Å². The lowest BCUT2D eigenvalue weighted by atomic mass is 10.0. The summed E-state index contributed by atoms with van der Waals surface area (Å²) in [5.41, 5.74) is 0.